The molecule has 1 aliphatic rings. The summed E-state index contributed by atoms with van der Waals surface area (Å²) in [6.07, 6.45) is 0. The molecule has 1 heteroatoms. The van der Waals surface area contributed by atoms with Gasteiger partial charge in [0.2, 0.25) is 0 Å². The highest BCUT2D eigenvalue weighted by molar-refractivity contribution is 6.18. The smallest absolute Gasteiger partial charge is 0.0462 e. The van der Waals surface area contributed by atoms with Crippen molar-refractivity contribution < 1.29 is 0 Å². The molecule has 0 saturated carbocycles. The lowest BCUT2D eigenvalue weighted by atomic mass is 9.92. The fourth-order valence-electron chi connectivity index (χ4n) is 8.77. The quantitative estimate of drug-likeness (QED) is 0.158. The van der Waals surface area contributed by atoms with Crippen molar-refractivity contribution in [2.75, 3.05) is 4.90 Å². The summed E-state index contributed by atoms with van der Waals surface area (Å²) in [4.78, 5) is 2.34. The number of nitrogens with zero attached hydrogens (tertiary/aromatic N) is 1. The van der Waals surface area contributed by atoms with Crippen LogP contribution in [0.2, 0.25) is 0 Å². The molecule has 1 nitrogen and oxygen atoms in total. The van der Waals surface area contributed by atoms with Gasteiger partial charge in [-0.15, -0.1) is 0 Å². The molecular weight excluding hydrogens is 687 g/mol. The molecule has 10 aromatic carbocycles. The number of benzene rings is 10. The van der Waals surface area contributed by atoms with Crippen LogP contribution in [0, 0.1) is 0 Å². The number of hydrogen-bond acceptors (Lipinski definition) is 1. The average Bonchev–Trinajstić information content (AvgIpc) is 3.62. The van der Waals surface area contributed by atoms with Gasteiger partial charge in [0.25, 0.3) is 0 Å². The van der Waals surface area contributed by atoms with Crippen LogP contribution in [0.3, 0.4) is 0 Å². The van der Waals surface area contributed by atoms with Gasteiger partial charge in [-0.25, -0.2) is 0 Å². The summed E-state index contributed by atoms with van der Waals surface area (Å²) >= 11 is 0. The second-order valence-electron chi connectivity index (χ2n) is 14.9. The maximum absolute atomic E-state index is 2.36. The molecule has 11 rings (SSSR count). The molecule has 266 valence electrons. The van der Waals surface area contributed by atoms with E-state index in [-0.39, 0.29) is 0 Å². The van der Waals surface area contributed by atoms with E-state index in [9.17, 15) is 0 Å². The summed E-state index contributed by atoms with van der Waals surface area (Å²) in [5, 5.41) is 5.14. The van der Waals surface area contributed by atoms with Crippen LogP contribution in [-0.2, 0) is 0 Å². The van der Waals surface area contributed by atoms with E-state index in [1.807, 2.05) is 0 Å². The molecular formula is C56H37N. The van der Waals surface area contributed by atoms with Crippen molar-refractivity contribution in [1.82, 2.24) is 0 Å². The molecule has 0 aliphatic heterocycles. The summed E-state index contributed by atoms with van der Waals surface area (Å²) in [5.41, 5.74) is 18.4. The Morgan fingerprint density at radius 3 is 1.19 bits per heavy atom. The molecule has 0 heterocycles. The lowest BCUT2D eigenvalue weighted by Crippen LogP contribution is -2.09. The van der Waals surface area contributed by atoms with Crippen LogP contribution in [0.25, 0.3) is 88.3 Å². The predicted molar refractivity (Wildman–Crippen MR) is 242 cm³/mol. The van der Waals surface area contributed by atoms with Gasteiger partial charge in [-0.2, -0.15) is 0 Å². The molecule has 0 aromatic heterocycles. The van der Waals surface area contributed by atoms with Gasteiger partial charge in [0.15, 0.2) is 0 Å². The standard InChI is InChI=1S/C56H37N/c1-3-10-38(11-4-1)40-22-28-47(29-23-40)57(48-30-24-41(25-31-48)39-12-5-2-6-13-39)49-32-26-42(27-33-49)44-20-18-43-19-21-45(37-46(43)36-44)50-34-35-55-52-15-8-7-14-51(52)54-17-9-16-53(50)56(54)55/h1-37H. The van der Waals surface area contributed by atoms with Crippen LogP contribution in [0.1, 0.15) is 0 Å². The van der Waals surface area contributed by atoms with Crippen molar-refractivity contribution in [2.24, 2.45) is 0 Å². The highest BCUT2D eigenvalue weighted by Crippen LogP contribution is 2.49. The van der Waals surface area contributed by atoms with E-state index >= 15 is 0 Å². The molecule has 0 N–H and O–H groups in total. The minimum atomic E-state index is 1.11. The minimum absolute atomic E-state index is 1.11. The average molecular weight is 724 g/mol. The van der Waals surface area contributed by atoms with Gasteiger partial charge in [0.05, 0.1) is 0 Å². The van der Waals surface area contributed by atoms with Crippen LogP contribution < -0.4 is 4.90 Å². The maximum atomic E-state index is 2.36. The summed E-state index contributed by atoms with van der Waals surface area (Å²) in [5.74, 6) is 0. The van der Waals surface area contributed by atoms with Crippen LogP contribution in [0.15, 0.2) is 224 Å². The first-order valence-corrected chi connectivity index (χ1v) is 19.7. The largest absolute Gasteiger partial charge is 0.311 e. The number of rotatable bonds is 7. The zero-order chi connectivity index (χ0) is 37.7. The van der Waals surface area contributed by atoms with Gasteiger partial charge in [-0.05, 0) is 137 Å². The Kier molecular flexibility index (Phi) is 7.89. The monoisotopic (exact) mass is 723 g/mol. The SMILES string of the molecule is c1ccc(-c2ccc(N(c3ccc(-c4ccccc4)cc3)c3ccc(-c4ccc5ccc(-c6ccc7c8c(cccc68)-c6ccccc6-7)cc5c4)cc3)cc2)cc1. The van der Waals surface area contributed by atoms with E-state index in [1.54, 1.807) is 0 Å². The van der Waals surface area contributed by atoms with Crippen molar-refractivity contribution in [1.29, 1.82) is 0 Å². The predicted octanol–water partition coefficient (Wildman–Crippen LogP) is 15.8. The Hall–Kier alpha value is -7.48. The molecule has 1 aliphatic carbocycles. The van der Waals surface area contributed by atoms with Crippen LogP contribution in [0.5, 0.6) is 0 Å². The molecule has 0 amide bonds. The second kappa shape index (κ2) is 13.7. The molecule has 57 heavy (non-hydrogen) atoms. The zero-order valence-electron chi connectivity index (χ0n) is 31.3. The lowest BCUT2D eigenvalue weighted by Gasteiger charge is -2.26. The van der Waals surface area contributed by atoms with Gasteiger partial charge >= 0.3 is 0 Å². The Balaban J connectivity index is 0.942. The van der Waals surface area contributed by atoms with Crippen molar-refractivity contribution in [3.63, 3.8) is 0 Å². The first-order valence-electron chi connectivity index (χ1n) is 19.7. The van der Waals surface area contributed by atoms with Crippen molar-refractivity contribution in [3.05, 3.63) is 224 Å². The normalized spacial score (nSPS) is 11.5. The number of hydrogen-bond donors (Lipinski definition) is 0. The van der Waals surface area contributed by atoms with Gasteiger partial charge in [-0.3, -0.25) is 0 Å². The highest BCUT2D eigenvalue weighted by atomic mass is 15.1. The molecule has 0 saturated heterocycles. The zero-order valence-corrected chi connectivity index (χ0v) is 31.3. The van der Waals surface area contributed by atoms with Gasteiger partial charge in [-0.1, -0.05) is 176 Å². The van der Waals surface area contributed by atoms with Crippen LogP contribution >= 0.6 is 0 Å². The van der Waals surface area contributed by atoms with Gasteiger partial charge in [0.1, 0.15) is 0 Å². The molecule has 0 atom stereocenters. The highest BCUT2D eigenvalue weighted by Gasteiger charge is 2.22. The Labute approximate surface area is 333 Å². The summed E-state index contributed by atoms with van der Waals surface area (Å²) < 4.78 is 0. The summed E-state index contributed by atoms with van der Waals surface area (Å²) in [6.45, 7) is 0. The van der Waals surface area contributed by atoms with E-state index < -0.39 is 0 Å². The van der Waals surface area contributed by atoms with Gasteiger partial charge < -0.3 is 4.90 Å². The van der Waals surface area contributed by atoms with Crippen LogP contribution in [-0.4, -0.2) is 0 Å². The molecule has 0 radical (unpaired) electrons. The van der Waals surface area contributed by atoms with Gasteiger partial charge in [0, 0.05) is 17.1 Å². The molecule has 10 aromatic rings. The van der Waals surface area contributed by atoms with Crippen molar-refractivity contribution in [3.8, 4) is 66.8 Å². The molecule has 0 spiro atoms. The molecule has 0 bridgehead atoms. The molecule has 0 fully saturated rings. The Morgan fingerprint density at radius 1 is 0.228 bits per heavy atom. The third-order valence-electron chi connectivity index (χ3n) is 11.6. The fourth-order valence-corrected chi connectivity index (χ4v) is 8.77. The fraction of sp³-hybridized carbons (Fsp3) is 0. The lowest BCUT2D eigenvalue weighted by molar-refractivity contribution is 1.28. The summed E-state index contributed by atoms with van der Waals surface area (Å²) in [7, 11) is 0. The maximum Gasteiger partial charge on any atom is 0.0462 e. The number of anilines is 3. The van der Waals surface area contributed by atoms with Crippen molar-refractivity contribution in [2.45, 2.75) is 0 Å². The van der Waals surface area contributed by atoms with E-state index in [4.69, 9.17) is 0 Å². The van der Waals surface area contributed by atoms with Crippen molar-refractivity contribution >= 4 is 38.6 Å². The third kappa shape index (κ3) is 5.80. The van der Waals surface area contributed by atoms with E-state index in [0.29, 0.717) is 0 Å². The minimum Gasteiger partial charge on any atom is -0.311 e. The van der Waals surface area contributed by atoms with Crippen LogP contribution in [0.4, 0.5) is 17.1 Å². The molecule has 0 unspecified atom stereocenters. The third-order valence-corrected chi connectivity index (χ3v) is 11.6. The first-order chi connectivity index (χ1) is 28.2. The Bertz CT molecular complexity index is 2960. The van der Waals surface area contributed by atoms with E-state index in [0.717, 1.165) is 17.1 Å². The van der Waals surface area contributed by atoms with E-state index in [2.05, 4.69) is 229 Å². The topological polar surface area (TPSA) is 3.24 Å². The summed E-state index contributed by atoms with van der Waals surface area (Å²) in [6, 6.07) is 81.8. The van der Waals surface area contributed by atoms with E-state index in [1.165, 1.54) is 88.3 Å². The Morgan fingerprint density at radius 2 is 0.632 bits per heavy atom. The second-order valence-corrected chi connectivity index (χ2v) is 14.9. The number of fused-ring (bicyclic) bond motifs is 4. The first kappa shape index (κ1) is 32.9.